The molecule has 15 heavy (non-hydrogen) atoms. The molecule has 1 atom stereocenters. The third-order valence-corrected chi connectivity index (χ3v) is 2.50. The van der Waals surface area contributed by atoms with E-state index in [4.69, 9.17) is 5.73 Å². The summed E-state index contributed by atoms with van der Waals surface area (Å²) in [6, 6.07) is 2.51. The quantitative estimate of drug-likeness (QED) is 0.684. The lowest BCUT2D eigenvalue weighted by atomic mass is 10.3. The van der Waals surface area contributed by atoms with E-state index >= 15 is 0 Å². The minimum Gasteiger partial charge on any atom is -0.329 e. The summed E-state index contributed by atoms with van der Waals surface area (Å²) in [5.74, 6) is 0. The van der Waals surface area contributed by atoms with Crippen LogP contribution in [0.1, 0.15) is 24.7 Å². The molecule has 1 heterocycles. The molecule has 1 aromatic heterocycles. The van der Waals surface area contributed by atoms with Gasteiger partial charge in [0.25, 0.3) is 0 Å². The molecule has 0 saturated carbocycles. The van der Waals surface area contributed by atoms with Crippen LogP contribution in [0.2, 0.25) is 0 Å². The van der Waals surface area contributed by atoms with E-state index in [0.29, 0.717) is 12.6 Å². The van der Waals surface area contributed by atoms with E-state index < -0.39 is 0 Å². The van der Waals surface area contributed by atoms with E-state index in [-0.39, 0.29) is 0 Å². The smallest absolute Gasteiger partial charge is 0.0596 e. The van der Waals surface area contributed by atoms with Crippen molar-refractivity contribution in [1.29, 1.82) is 0 Å². The number of nitrogens with one attached hydrogen (secondary N) is 1. The van der Waals surface area contributed by atoms with Gasteiger partial charge in [-0.25, -0.2) is 0 Å². The molecule has 0 aliphatic heterocycles. The molecule has 1 rings (SSSR count). The molecular weight excluding hydrogens is 188 g/mol. The first-order valence-electron chi connectivity index (χ1n) is 5.58. The Bertz CT molecular complexity index is 293. The molecule has 0 bridgehead atoms. The molecule has 0 aromatic carbocycles. The van der Waals surface area contributed by atoms with Crippen LogP contribution in [0.5, 0.6) is 0 Å². The highest BCUT2D eigenvalue weighted by molar-refractivity contribution is 5.06. The lowest BCUT2D eigenvalue weighted by Gasteiger charge is -2.11. The van der Waals surface area contributed by atoms with Crippen molar-refractivity contribution in [1.82, 2.24) is 15.1 Å². The predicted molar refractivity (Wildman–Crippen MR) is 62.8 cm³/mol. The molecule has 1 unspecified atom stereocenters. The Kier molecular flexibility index (Phi) is 4.78. The molecule has 86 valence electrons. The summed E-state index contributed by atoms with van der Waals surface area (Å²) < 4.78 is 2.06. The Morgan fingerprint density at radius 1 is 1.53 bits per heavy atom. The van der Waals surface area contributed by atoms with Crippen molar-refractivity contribution in [3.8, 4) is 0 Å². The van der Waals surface area contributed by atoms with E-state index in [2.05, 4.69) is 35.0 Å². The fourth-order valence-corrected chi connectivity index (χ4v) is 1.56. The fraction of sp³-hybridized carbons (Fsp3) is 0.727. The Morgan fingerprint density at radius 2 is 2.27 bits per heavy atom. The number of hydrogen-bond donors (Lipinski definition) is 2. The zero-order valence-electron chi connectivity index (χ0n) is 9.95. The van der Waals surface area contributed by atoms with Gasteiger partial charge in [-0.15, -0.1) is 0 Å². The van der Waals surface area contributed by atoms with Gasteiger partial charge >= 0.3 is 0 Å². The maximum atomic E-state index is 5.51. The Hall–Kier alpha value is -0.870. The SMILES string of the molecule is Cc1cc(C)n(CCCNC(C)CN)n1. The van der Waals surface area contributed by atoms with Gasteiger partial charge in [0.2, 0.25) is 0 Å². The number of rotatable bonds is 6. The number of hydrogen-bond acceptors (Lipinski definition) is 3. The van der Waals surface area contributed by atoms with Gasteiger partial charge in [-0.3, -0.25) is 4.68 Å². The largest absolute Gasteiger partial charge is 0.329 e. The minimum absolute atomic E-state index is 0.408. The molecule has 0 amide bonds. The molecule has 4 heteroatoms. The lowest BCUT2D eigenvalue weighted by molar-refractivity contribution is 0.495. The predicted octanol–water partition coefficient (Wildman–Crippen LogP) is 0.827. The number of aryl methyl sites for hydroxylation is 3. The lowest BCUT2D eigenvalue weighted by Crippen LogP contribution is -2.34. The molecule has 4 nitrogen and oxygen atoms in total. The zero-order chi connectivity index (χ0) is 11.3. The van der Waals surface area contributed by atoms with Crippen LogP contribution in [-0.4, -0.2) is 28.9 Å². The molecule has 3 N–H and O–H groups in total. The van der Waals surface area contributed by atoms with Crippen LogP contribution in [0.15, 0.2) is 6.07 Å². The standard InChI is InChI=1S/C11H22N4/c1-9-7-11(3)15(14-9)6-4-5-13-10(2)8-12/h7,10,13H,4-6,8,12H2,1-3H3. The first-order valence-corrected chi connectivity index (χ1v) is 5.58. The van der Waals surface area contributed by atoms with Gasteiger partial charge in [-0.1, -0.05) is 0 Å². The van der Waals surface area contributed by atoms with Gasteiger partial charge < -0.3 is 11.1 Å². The number of aromatic nitrogens is 2. The normalized spacial score (nSPS) is 13.1. The van der Waals surface area contributed by atoms with Gasteiger partial charge in [0, 0.05) is 24.8 Å². The van der Waals surface area contributed by atoms with E-state index in [1.54, 1.807) is 0 Å². The molecule has 0 spiro atoms. The van der Waals surface area contributed by atoms with Gasteiger partial charge in [0.15, 0.2) is 0 Å². The summed E-state index contributed by atoms with van der Waals surface area (Å²) >= 11 is 0. The van der Waals surface area contributed by atoms with E-state index in [1.165, 1.54) is 5.69 Å². The van der Waals surface area contributed by atoms with Crippen LogP contribution >= 0.6 is 0 Å². The third-order valence-electron chi connectivity index (χ3n) is 2.50. The van der Waals surface area contributed by atoms with Gasteiger partial charge in [-0.2, -0.15) is 5.10 Å². The van der Waals surface area contributed by atoms with Crippen LogP contribution in [-0.2, 0) is 6.54 Å². The summed E-state index contributed by atoms with van der Waals surface area (Å²) in [6.45, 7) is 8.89. The van der Waals surface area contributed by atoms with Crippen LogP contribution in [0.3, 0.4) is 0 Å². The summed E-state index contributed by atoms with van der Waals surface area (Å²) in [5.41, 5.74) is 7.84. The maximum absolute atomic E-state index is 5.51. The molecule has 0 fully saturated rings. The topological polar surface area (TPSA) is 55.9 Å². The van der Waals surface area contributed by atoms with E-state index in [9.17, 15) is 0 Å². The van der Waals surface area contributed by atoms with Gasteiger partial charge in [-0.05, 0) is 39.8 Å². The first-order chi connectivity index (χ1) is 7.13. The third kappa shape index (κ3) is 4.01. The average molecular weight is 210 g/mol. The molecule has 0 aliphatic carbocycles. The summed E-state index contributed by atoms with van der Waals surface area (Å²) in [6.07, 6.45) is 1.09. The van der Waals surface area contributed by atoms with Crippen LogP contribution in [0, 0.1) is 13.8 Å². The second kappa shape index (κ2) is 5.88. The highest BCUT2D eigenvalue weighted by Gasteiger charge is 2.01. The number of nitrogens with zero attached hydrogens (tertiary/aromatic N) is 2. The Labute approximate surface area is 91.8 Å². The van der Waals surface area contributed by atoms with Crippen molar-refractivity contribution in [3.63, 3.8) is 0 Å². The van der Waals surface area contributed by atoms with Crippen molar-refractivity contribution >= 4 is 0 Å². The van der Waals surface area contributed by atoms with Crippen LogP contribution in [0.25, 0.3) is 0 Å². The Morgan fingerprint density at radius 3 is 2.80 bits per heavy atom. The number of nitrogens with two attached hydrogens (primary N) is 1. The molecule has 0 radical (unpaired) electrons. The van der Waals surface area contributed by atoms with Gasteiger partial charge in [0.05, 0.1) is 5.69 Å². The van der Waals surface area contributed by atoms with Crippen molar-refractivity contribution in [3.05, 3.63) is 17.5 Å². The molecule has 0 saturated heterocycles. The maximum Gasteiger partial charge on any atom is 0.0596 e. The zero-order valence-corrected chi connectivity index (χ0v) is 9.95. The monoisotopic (exact) mass is 210 g/mol. The summed E-state index contributed by atoms with van der Waals surface area (Å²) in [5, 5.41) is 7.77. The highest BCUT2D eigenvalue weighted by atomic mass is 15.3. The molecular formula is C11H22N4. The van der Waals surface area contributed by atoms with Crippen molar-refractivity contribution < 1.29 is 0 Å². The van der Waals surface area contributed by atoms with E-state index in [0.717, 1.165) is 25.2 Å². The average Bonchev–Trinajstić information content (AvgIpc) is 2.52. The fourth-order valence-electron chi connectivity index (χ4n) is 1.56. The molecule has 0 aliphatic rings. The van der Waals surface area contributed by atoms with Gasteiger partial charge in [0.1, 0.15) is 0 Å². The second-order valence-corrected chi connectivity index (χ2v) is 4.09. The Balaban J connectivity index is 2.23. The van der Waals surface area contributed by atoms with Crippen LogP contribution in [0.4, 0.5) is 0 Å². The first kappa shape index (κ1) is 12.2. The van der Waals surface area contributed by atoms with Crippen molar-refractivity contribution in [2.45, 2.75) is 39.8 Å². The second-order valence-electron chi connectivity index (χ2n) is 4.09. The molecule has 1 aromatic rings. The van der Waals surface area contributed by atoms with Crippen molar-refractivity contribution in [2.24, 2.45) is 5.73 Å². The van der Waals surface area contributed by atoms with Crippen molar-refractivity contribution in [2.75, 3.05) is 13.1 Å². The summed E-state index contributed by atoms with van der Waals surface area (Å²) in [4.78, 5) is 0. The van der Waals surface area contributed by atoms with E-state index in [1.807, 2.05) is 6.92 Å². The highest BCUT2D eigenvalue weighted by Crippen LogP contribution is 2.02. The minimum atomic E-state index is 0.408. The summed E-state index contributed by atoms with van der Waals surface area (Å²) in [7, 11) is 0. The van der Waals surface area contributed by atoms with Crippen LogP contribution < -0.4 is 11.1 Å².